The maximum Gasteiger partial charge on any atom is 0.341 e. The number of aryl methyl sites for hydroxylation is 2. The first-order chi connectivity index (χ1) is 16.7. The highest BCUT2D eigenvalue weighted by Gasteiger charge is 2.38. The number of H-pyrrole nitrogens is 2. The van der Waals surface area contributed by atoms with Crippen molar-refractivity contribution in [2.75, 3.05) is 26.2 Å². The Balaban J connectivity index is 1.42. The van der Waals surface area contributed by atoms with Gasteiger partial charge in [0.25, 0.3) is 0 Å². The molecule has 0 bridgehead atoms. The zero-order valence-corrected chi connectivity index (χ0v) is 21.0. The number of carbonyl (C=O) groups excluding carboxylic acids is 2. The van der Waals surface area contributed by atoms with E-state index in [0.29, 0.717) is 37.2 Å². The summed E-state index contributed by atoms with van der Waals surface area (Å²) < 4.78 is 33.5. The van der Waals surface area contributed by atoms with Crippen LogP contribution in [-0.4, -0.2) is 65.8 Å². The van der Waals surface area contributed by atoms with Gasteiger partial charge < -0.3 is 20.0 Å². The third kappa shape index (κ3) is 5.10. The Kier molecular flexibility index (Phi) is 7.27. The van der Waals surface area contributed by atoms with Gasteiger partial charge in [0, 0.05) is 37.4 Å². The van der Waals surface area contributed by atoms with Crippen molar-refractivity contribution < 1.29 is 22.7 Å². The van der Waals surface area contributed by atoms with Crippen LogP contribution in [0.1, 0.15) is 47.3 Å². The maximum absolute atomic E-state index is 13.6. The number of amides is 1. The topological polar surface area (TPSA) is 137 Å². The lowest BCUT2D eigenvalue weighted by Gasteiger charge is -2.31. The number of aromatic nitrogens is 3. The fourth-order valence-electron chi connectivity index (χ4n) is 4.61. The Morgan fingerprint density at radius 2 is 1.97 bits per heavy atom. The maximum atomic E-state index is 13.6. The average molecular weight is 502 g/mol. The zero-order valence-electron chi connectivity index (χ0n) is 20.2. The number of ether oxygens (including phenoxy) is 1. The van der Waals surface area contributed by atoms with Gasteiger partial charge >= 0.3 is 5.97 Å². The summed E-state index contributed by atoms with van der Waals surface area (Å²) in [6.07, 6.45) is 1.69. The number of sulfonamides is 1. The number of piperidine rings is 1. The van der Waals surface area contributed by atoms with Crippen molar-refractivity contribution in [3.63, 3.8) is 0 Å². The monoisotopic (exact) mass is 501 g/mol. The summed E-state index contributed by atoms with van der Waals surface area (Å²) in [6.45, 7) is 5.82. The van der Waals surface area contributed by atoms with Gasteiger partial charge in [-0.15, -0.1) is 0 Å². The number of benzene rings is 1. The van der Waals surface area contributed by atoms with Crippen LogP contribution >= 0.6 is 0 Å². The normalized spacial score (nSPS) is 16.9. The second-order valence-electron chi connectivity index (χ2n) is 8.74. The molecule has 10 nitrogen and oxygen atoms in total. The standard InChI is InChI=1S/C24H31N5O5S/c1-4-34-24(31)21-15(2)26-16(3)22(21)35(32,33)29-13-7-8-17(14-29)23(30)25-12-11-20-27-18-9-5-6-10-19(18)28-20/h5-6,9-10,17,26H,4,7-8,11-14H2,1-3H3,(H,25,30)(H,27,28)/t17-/m1/s1. The predicted molar refractivity (Wildman–Crippen MR) is 131 cm³/mol. The lowest BCUT2D eigenvalue weighted by atomic mass is 9.99. The molecule has 3 heterocycles. The van der Waals surface area contributed by atoms with Crippen LogP contribution in [0.3, 0.4) is 0 Å². The number of hydrogen-bond acceptors (Lipinski definition) is 6. The van der Waals surface area contributed by atoms with Crippen LogP contribution in [0, 0.1) is 19.8 Å². The van der Waals surface area contributed by atoms with E-state index in [2.05, 4.69) is 20.3 Å². The number of para-hydroxylation sites is 2. The number of nitrogens with one attached hydrogen (secondary N) is 3. The van der Waals surface area contributed by atoms with E-state index in [0.717, 1.165) is 16.9 Å². The smallest absolute Gasteiger partial charge is 0.341 e. The Bertz CT molecular complexity index is 1310. The quantitative estimate of drug-likeness (QED) is 0.406. The summed E-state index contributed by atoms with van der Waals surface area (Å²) in [4.78, 5) is 36.0. The highest BCUT2D eigenvalue weighted by Crippen LogP contribution is 2.30. The summed E-state index contributed by atoms with van der Waals surface area (Å²) >= 11 is 0. The van der Waals surface area contributed by atoms with Gasteiger partial charge in [-0.05, 0) is 45.7 Å². The third-order valence-corrected chi connectivity index (χ3v) is 8.29. The third-order valence-electron chi connectivity index (χ3n) is 6.25. The molecule has 0 spiro atoms. The molecular formula is C24H31N5O5S. The Morgan fingerprint density at radius 3 is 2.71 bits per heavy atom. The highest BCUT2D eigenvalue weighted by molar-refractivity contribution is 7.89. The number of hydrogen-bond donors (Lipinski definition) is 3. The lowest BCUT2D eigenvalue weighted by molar-refractivity contribution is -0.126. The number of carbonyl (C=O) groups is 2. The van der Waals surface area contributed by atoms with Gasteiger partial charge in [-0.1, -0.05) is 12.1 Å². The Morgan fingerprint density at radius 1 is 1.20 bits per heavy atom. The fourth-order valence-corrected chi connectivity index (χ4v) is 6.54. The first-order valence-electron chi connectivity index (χ1n) is 11.8. The number of rotatable bonds is 8. The summed E-state index contributed by atoms with van der Waals surface area (Å²) in [6, 6.07) is 7.72. The van der Waals surface area contributed by atoms with Gasteiger partial charge in [0.05, 0.1) is 23.6 Å². The van der Waals surface area contributed by atoms with Crippen molar-refractivity contribution in [2.45, 2.75) is 44.9 Å². The van der Waals surface area contributed by atoms with E-state index in [1.54, 1.807) is 20.8 Å². The largest absolute Gasteiger partial charge is 0.462 e. The van der Waals surface area contributed by atoms with Crippen LogP contribution < -0.4 is 5.32 Å². The van der Waals surface area contributed by atoms with Crippen LogP contribution in [0.2, 0.25) is 0 Å². The summed E-state index contributed by atoms with van der Waals surface area (Å²) in [5.41, 5.74) is 2.67. The van der Waals surface area contributed by atoms with Crippen LogP contribution in [0.5, 0.6) is 0 Å². The van der Waals surface area contributed by atoms with Crippen molar-refractivity contribution in [1.29, 1.82) is 0 Å². The molecule has 1 aliphatic rings. The minimum absolute atomic E-state index is 0.0294. The van der Waals surface area contributed by atoms with Crippen molar-refractivity contribution in [2.24, 2.45) is 5.92 Å². The number of aromatic amines is 2. The predicted octanol–water partition coefficient (Wildman–Crippen LogP) is 2.44. The fraction of sp³-hybridized carbons (Fsp3) is 0.458. The molecule has 3 N–H and O–H groups in total. The second kappa shape index (κ2) is 10.2. The van der Waals surface area contributed by atoms with Crippen molar-refractivity contribution >= 4 is 32.9 Å². The number of nitrogens with zero attached hydrogens (tertiary/aromatic N) is 2. The van der Waals surface area contributed by atoms with Crippen molar-refractivity contribution in [3.05, 3.63) is 47.0 Å². The summed E-state index contributed by atoms with van der Waals surface area (Å²) in [5, 5.41) is 2.92. The SMILES string of the molecule is CCOC(=O)c1c(C)[nH]c(C)c1S(=O)(=O)N1CCC[C@@H](C(=O)NCCc2nc3ccccc3[nH]2)C1. The van der Waals surface area contributed by atoms with Gasteiger partial charge in [0.2, 0.25) is 15.9 Å². The zero-order chi connectivity index (χ0) is 25.2. The van der Waals surface area contributed by atoms with E-state index in [9.17, 15) is 18.0 Å². The number of esters is 1. The molecule has 0 radical (unpaired) electrons. The van der Waals surface area contributed by atoms with E-state index >= 15 is 0 Å². The van der Waals surface area contributed by atoms with E-state index in [-0.39, 0.29) is 36.1 Å². The average Bonchev–Trinajstić information content (AvgIpc) is 3.38. The molecule has 11 heteroatoms. The molecule has 35 heavy (non-hydrogen) atoms. The van der Waals surface area contributed by atoms with E-state index < -0.39 is 21.9 Å². The van der Waals surface area contributed by atoms with Crippen LogP contribution in [-0.2, 0) is 26.0 Å². The van der Waals surface area contributed by atoms with Gasteiger partial charge in [-0.3, -0.25) is 4.79 Å². The molecule has 1 fully saturated rings. The van der Waals surface area contributed by atoms with Gasteiger partial charge in [-0.25, -0.2) is 18.2 Å². The molecule has 1 amide bonds. The molecule has 1 saturated heterocycles. The molecule has 0 unspecified atom stereocenters. The lowest BCUT2D eigenvalue weighted by Crippen LogP contribution is -2.46. The Labute approximate surface area is 204 Å². The molecular weight excluding hydrogens is 470 g/mol. The minimum atomic E-state index is -4.00. The number of fused-ring (bicyclic) bond motifs is 1. The van der Waals surface area contributed by atoms with E-state index in [1.165, 1.54) is 4.31 Å². The molecule has 1 aliphatic heterocycles. The molecule has 2 aromatic heterocycles. The summed E-state index contributed by atoms with van der Waals surface area (Å²) in [7, 11) is -4.00. The van der Waals surface area contributed by atoms with Crippen LogP contribution in [0.25, 0.3) is 11.0 Å². The van der Waals surface area contributed by atoms with E-state index in [4.69, 9.17) is 4.74 Å². The molecule has 3 aromatic rings. The first-order valence-corrected chi connectivity index (χ1v) is 13.2. The van der Waals surface area contributed by atoms with Gasteiger partial charge in [-0.2, -0.15) is 4.31 Å². The molecule has 1 atom stereocenters. The number of imidazole rings is 1. The molecule has 1 aromatic carbocycles. The van der Waals surface area contributed by atoms with Gasteiger partial charge in [0.1, 0.15) is 16.3 Å². The van der Waals surface area contributed by atoms with Crippen LogP contribution in [0.4, 0.5) is 0 Å². The van der Waals surface area contributed by atoms with Crippen molar-refractivity contribution in [3.8, 4) is 0 Å². The molecule has 0 aliphatic carbocycles. The Hall–Kier alpha value is -3.18. The van der Waals surface area contributed by atoms with E-state index in [1.807, 2.05) is 24.3 Å². The molecule has 0 saturated carbocycles. The summed E-state index contributed by atoms with van der Waals surface area (Å²) in [5.74, 6) is -0.553. The highest BCUT2D eigenvalue weighted by atomic mass is 32.2. The van der Waals surface area contributed by atoms with Crippen LogP contribution in [0.15, 0.2) is 29.2 Å². The van der Waals surface area contributed by atoms with Gasteiger partial charge in [0.15, 0.2) is 0 Å². The second-order valence-corrected chi connectivity index (χ2v) is 10.6. The molecule has 4 rings (SSSR count). The first kappa shape index (κ1) is 24.9. The molecule has 188 valence electrons. The minimum Gasteiger partial charge on any atom is -0.462 e. The van der Waals surface area contributed by atoms with Crippen molar-refractivity contribution in [1.82, 2.24) is 24.6 Å².